The number of hydrogen-bond donors (Lipinski definition) is 0. The quantitative estimate of drug-likeness (QED) is 0.578. The molecule has 1 aromatic carbocycles. The molecule has 1 aromatic rings. The van der Waals surface area contributed by atoms with Gasteiger partial charge in [0.2, 0.25) is 0 Å². The van der Waals surface area contributed by atoms with E-state index in [2.05, 4.69) is 0 Å². The van der Waals surface area contributed by atoms with Crippen molar-refractivity contribution in [3.63, 3.8) is 0 Å². The fourth-order valence-electron chi connectivity index (χ4n) is 1.96. The molecule has 0 spiro atoms. The van der Waals surface area contributed by atoms with Gasteiger partial charge in [0.15, 0.2) is 0 Å². The molecule has 0 unspecified atom stereocenters. The van der Waals surface area contributed by atoms with E-state index in [1.807, 2.05) is 0 Å². The molecule has 0 saturated carbocycles. The summed E-state index contributed by atoms with van der Waals surface area (Å²) in [5.41, 5.74) is -2.92. The van der Waals surface area contributed by atoms with Crippen LogP contribution in [0.2, 0.25) is 5.02 Å². The minimum absolute atomic E-state index is 0.164. The summed E-state index contributed by atoms with van der Waals surface area (Å²) in [6.45, 7) is 6.96. The van der Waals surface area contributed by atoms with Gasteiger partial charge in [-0.2, -0.15) is 13.2 Å². The maximum absolute atomic E-state index is 13.5. The molecule has 0 radical (unpaired) electrons. The first-order valence-electron chi connectivity index (χ1n) is 6.27. The van der Waals surface area contributed by atoms with Crippen molar-refractivity contribution in [3.8, 4) is 0 Å². The molecule has 21 heavy (non-hydrogen) atoms. The molecular weight excluding hydrogens is 310 g/mol. The molecule has 1 saturated heterocycles. The van der Waals surface area contributed by atoms with E-state index in [1.54, 1.807) is 27.7 Å². The molecule has 0 bridgehead atoms. The molecule has 2 rings (SSSR count). The van der Waals surface area contributed by atoms with Crippen molar-refractivity contribution in [2.24, 2.45) is 0 Å². The minimum Gasteiger partial charge on any atom is -0.399 e. The van der Waals surface area contributed by atoms with Gasteiger partial charge in [-0.25, -0.2) is 4.39 Å². The molecular formula is C13H14BClF4O2. The Bertz CT molecular complexity index is 556. The first-order valence-corrected chi connectivity index (χ1v) is 6.65. The highest BCUT2D eigenvalue weighted by Gasteiger charge is 2.53. The van der Waals surface area contributed by atoms with Crippen molar-refractivity contribution in [3.05, 3.63) is 28.5 Å². The van der Waals surface area contributed by atoms with E-state index in [-0.39, 0.29) is 5.46 Å². The zero-order chi connectivity index (χ0) is 16.2. The molecule has 1 fully saturated rings. The maximum atomic E-state index is 13.5. The van der Waals surface area contributed by atoms with Crippen LogP contribution in [0.15, 0.2) is 12.1 Å². The van der Waals surface area contributed by atoms with Crippen LogP contribution in [0.5, 0.6) is 0 Å². The Balaban J connectivity index is 2.50. The van der Waals surface area contributed by atoms with Gasteiger partial charge in [0, 0.05) is 5.46 Å². The lowest BCUT2D eigenvalue weighted by Crippen LogP contribution is -2.41. The number of rotatable bonds is 1. The summed E-state index contributed by atoms with van der Waals surface area (Å²) < 4.78 is 63.3. The number of hydrogen-bond acceptors (Lipinski definition) is 2. The average Bonchev–Trinajstić information content (AvgIpc) is 2.49. The molecule has 0 N–H and O–H groups in total. The van der Waals surface area contributed by atoms with Crippen LogP contribution in [0.3, 0.4) is 0 Å². The lowest BCUT2D eigenvalue weighted by atomic mass is 9.78. The Morgan fingerprint density at radius 2 is 1.52 bits per heavy atom. The van der Waals surface area contributed by atoms with Crippen LogP contribution in [-0.4, -0.2) is 18.3 Å². The second-order valence-corrected chi connectivity index (χ2v) is 6.32. The SMILES string of the molecule is CC1(C)OB(c2cc(F)cc(C(F)(F)F)c2Cl)OC1(C)C. The summed E-state index contributed by atoms with van der Waals surface area (Å²) in [5, 5.41) is -0.609. The lowest BCUT2D eigenvalue weighted by molar-refractivity contribution is -0.137. The zero-order valence-corrected chi connectivity index (χ0v) is 12.7. The minimum atomic E-state index is -4.75. The van der Waals surface area contributed by atoms with E-state index in [0.717, 1.165) is 6.07 Å². The summed E-state index contributed by atoms with van der Waals surface area (Å²) in [5.74, 6) is -1.04. The van der Waals surface area contributed by atoms with Crippen LogP contribution in [0.4, 0.5) is 17.6 Å². The Labute approximate surface area is 125 Å². The van der Waals surface area contributed by atoms with Crippen LogP contribution >= 0.6 is 11.6 Å². The first-order chi connectivity index (χ1) is 9.35. The van der Waals surface area contributed by atoms with Gasteiger partial charge in [0.05, 0.1) is 21.8 Å². The van der Waals surface area contributed by atoms with Crippen LogP contribution in [0.25, 0.3) is 0 Å². The van der Waals surface area contributed by atoms with Crippen molar-refractivity contribution in [1.29, 1.82) is 0 Å². The van der Waals surface area contributed by atoms with Crippen LogP contribution < -0.4 is 5.46 Å². The predicted octanol–water partition coefficient (Wildman–Crippen LogP) is 3.80. The van der Waals surface area contributed by atoms with E-state index in [9.17, 15) is 17.6 Å². The fraction of sp³-hybridized carbons (Fsp3) is 0.538. The summed E-state index contributed by atoms with van der Waals surface area (Å²) >= 11 is 5.79. The fourth-order valence-corrected chi connectivity index (χ4v) is 2.26. The molecule has 0 aromatic heterocycles. The highest BCUT2D eigenvalue weighted by molar-refractivity contribution is 6.65. The monoisotopic (exact) mass is 324 g/mol. The summed E-state index contributed by atoms with van der Waals surface area (Å²) in [6, 6.07) is 1.26. The number of benzene rings is 1. The summed E-state index contributed by atoms with van der Waals surface area (Å²) in [7, 11) is -1.15. The second-order valence-electron chi connectivity index (χ2n) is 5.94. The third kappa shape index (κ3) is 2.91. The van der Waals surface area contributed by atoms with E-state index < -0.39 is 40.9 Å². The third-order valence-corrected chi connectivity index (χ3v) is 4.30. The Morgan fingerprint density at radius 3 is 1.95 bits per heavy atom. The Morgan fingerprint density at radius 1 is 1.05 bits per heavy atom. The topological polar surface area (TPSA) is 18.5 Å². The maximum Gasteiger partial charge on any atom is 0.496 e. The summed E-state index contributed by atoms with van der Waals surface area (Å²) in [4.78, 5) is 0. The normalized spacial score (nSPS) is 20.9. The smallest absolute Gasteiger partial charge is 0.399 e. The number of halogens is 5. The predicted molar refractivity (Wildman–Crippen MR) is 72.1 cm³/mol. The molecule has 2 nitrogen and oxygen atoms in total. The van der Waals surface area contributed by atoms with Gasteiger partial charge in [-0.1, -0.05) is 11.6 Å². The van der Waals surface area contributed by atoms with Crippen LogP contribution in [0, 0.1) is 5.82 Å². The standard InChI is InChI=1S/C13H14BClF4O2/c1-11(2)12(3,4)21-14(20-11)9-6-7(16)5-8(10(9)15)13(17,18)19/h5-6H,1-4H3. The molecule has 1 aliphatic rings. The van der Waals surface area contributed by atoms with Gasteiger partial charge >= 0.3 is 13.3 Å². The highest BCUT2D eigenvalue weighted by Crippen LogP contribution is 2.39. The molecule has 1 aliphatic heterocycles. The molecule has 0 atom stereocenters. The first kappa shape index (κ1) is 16.6. The Hall–Kier alpha value is -0.785. The molecule has 8 heteroatoms. The molecule has 116 valence electrons. The van der Waals surface area contributed by atoms with Gasteiger partial charge in [0.25, 0.3) is 0 Å². The van der Waals surface area contributed by atoms with E-state index in [0.29, 0.717) is 6.07 Å². The third-order valence-electron chi connectivity index (χ3n) is 3.88. The molecule has 0 amide bonds. The van der Waals surface area contributed by atoms with E-state index in [4.69, 9.17) is 20.9 Å². The second kappa shape index (κ2) is 4.86. The van der Waals surface area contributed by atoms with Crippen molar-refractivity contribution in [1.82, 2.24) is 0 Å². The van der Waals surface area contributed by atoms with E-state index >= 15 is 0 Å². The molecule has 0 aliphatic carbocycles. The van der Waals surface area contributed by atoms with Gasteiger partial charge in [0.1, 0.15) is 5.82 Å². The van der Waals surface area contributed by atoms with Crippen molar-refractivity contribution in [2.75, 3.05) is 0 Å². The number of alkyl halides is 3. The lowest BCUT2D eigenvalue weighted by Gasteiger charge is -2.32. The van der Waals surface area contributed by atoms with Gasteiger partial charge in [-0.15, -0.1) is 0 Å². The van der Waals surface area contributed by atoms with E-state index in [1.165, 1.54) is 0 Å². The average molecular weight is 325 g/mol. The van der Waals surface area contributed by atoms with Crippen LogP contribution in [0.1, 0.15) is 33.3 Å². The van der Waals surface area contributed by atoms with Crippen molar-refractivity contribution >= 4 is 24.2 Å². The van der Waals surface area contributed by atoms with Crippen LogP contribution in [-0.2, 0) is 15.5 Å². The largest absolute Gasteiger partial charge is 0.496 e. The van der Waals surface area contributed by atoms with Crippen molar-refractivity contribution < 1.29 is 26.9 Å². The van der Waals surface area contributed by atoms with Crippen molar-refractivity contribution in [2.45, 2.75) is 45.1 Å². The summed E-state index contributed by atoms with van der Waals surface area (Å²) in [6.07, 6.45) is -4.75. The highest BCUT2D eigenvalue weighted by atomic mass is 35.5. The van der Waals surface area contributed by atoms with Gasteiger partial charge in [-0.05, 0) is 39.8 Å². The Kier molecular flexibility index (Phi) is 3.84. The van der Waals surface area contributed by atoms with Gasteiger partial charge in [-0.3, -0.25) is 0 Å². The zero-order valence-electron chi connectivity index (χ0n) is 11.9. The molecule has 1 heterocycles. The van der Waals surface area contributed by atoms with Gasteiger partial charge < -0.3 is 9.31 Å².